The monoisotopic (exact) mass is 385 g/mol. The lowest BCUT2D eigenvalue weighted by Gasteiger charge is -2.23. The highest BCUT2D eigenvalue weighted by Crippen LogP contribution is 2.35. The Morgan fingerprint density at radius 2 is 2.04 bits per heavy atom. The van der Waals surface area contributed by atoms with E-state index < -0.39 is 5.92 Å². The summed E-state index contributed by atoms with van der Waals surface area (Å²) in [6.45, 7) is 4.73. The summed E-state index contributed by atoms with van der Waals surface area (Å²) in [5, 5.41) is 1.12. The molecule has 4 rings (SSSR count). The van der Waals surface area contributed by atoms with Gasteiger partial charge >= 0.3 is 0 Å². The summed E-state index contributed by atoms with van der Waals surface area (Å²) in [6.07, 6.45) is 5.18. The fourth-order valence-electron chi connectivity index (χ4n) is 3.99. The fraction of sp³-hybridized carbons (Fsp3) is 0.409. The zero-order valence-corrected chi connectivity index (χ0v) is 16.2. The van der Waals surface area contributed by atoms with Crippen molar-refractivity contribution >= 4 is 10.9 Å². The molecule has 4 nitrogen and oxygen atoms in total. The van der Waals surface area contributed by atoms with E-state index in [1.54, 1.807) is 24.5 Å². The minimum atomic E-state index is -2.70. The van der Waals surface area contributed by atoms with Crippen LogP contribution < -0.4 is 4.74 Å². The van der Waals surface area contributed by atoms with Gasteiger partial charge in [-0.25, -0.2) is 8.78 Å². The molecule has 3 heterocycles. The first-order chi connectivity index (χ1) is 13.4. The number of pyridine rings is 1. The molecule has 1 aliphatic heterocycles. The van der Waals surface area contributed by atoms with Crippen molar-refractivity contribution in [3.63, 3.8) is 0 Å². The van der Waals surface area contributed by atoms with Gasteiger partial charge in [-0.2, -0.15) is 0 Å². The molecule has 148 valence electrons. The highest BCUT2D eigenvalue weighted by Gasteiger charge is 2.45. The predicted octanol–water partition coefficient (Wildman–Crippen LogP) is 4.91. The normalized spacial score (nSPS) is 19.5. The van der Waals surface area contributed by atoms with Gasteiger partial charge in [-0.15, -0.1) is 0 Å². The van der Waals surface area contributed by atoms with Crippen LogP contribution in [-0.2, 0) is 6.54 Å². The van der Waals surface area contributed by atoms with Gasteiger partial charge in [0.25, 0.3) is 5.92 Å². The number of rotatable bonds is 6. The van der Waals surface area contributed by atoms with Crippen LogP contribution in [0.1, 0.15) is 31.9 Å². The van der Waals surface area contributed by atoms with E-state index in [1.165, 1.54) is 0 Å². The number of likely N-dealkylation sites (tertiary alicyclic amines) is 1. The number of para-hydroxylation sites is 1. The maximum Gasteiger partial charge on any atom is 0.262 e. The number of halogens is 2. The Balaban J connectivity index is 1.56. The van der Waals surface area contributed by atoms with Crippen molar-refractivity contribution in [1.29, 1.82) is 0 Å². The molecule has 1 atom stereocenters. The first-order valence-electron chi connectivity index (χ1n) is 9.66. The lowest BCUT2D eigenvalue weighted by Crippen LogP contribution is -2.34. The van der Waals surface area contributed by atoms with E-state index >= 15 is 0 Å². The zero-order valence-electron chi connectivity index (χ0n) is 16.2. The van der Waals surface area contributed by atoms with Gasteiger partial charge < -0.3 is 9.30 Å². The first kappa shape index (κ1) is 18.9. The summed E-state index contributed by atoms with van der Waals surface area (Å²) < 4.78 is 36.4. The largest absolute Gasteiger partial charge is 0.490 e. The quantitative estimate of drug-likeness (QED) is 0.604. The molecule has 1 aromatic carbocycles. The Hall–Kier alpha value is -2.47. The van der Waals surface area contributed by atoms with Crippen LogP contribution in [0.3, 0.4) is 0 Å². The number of benzene rings is 1. The average molecular weight is 385 g/mol. The number of nitrogens with zero attached hydrogens (tertiary/aromatic N) is 3. The van der Waals surface area contributed by atoms with Gasteiger partial charge in [0.15, 0.2) is 0 Å². The van der Waals surface area contributed by atoms with Gasteiger partial charge in [0.2, 0.25) is 0 Å². The second-order valence-corrected chi connectivity index (χ2v) is 7.79. The van der Waals surface area contributed by atoms with E-state index in [2.05, 4.69) is 41.7 Å². The summed E-state index contributed by atoms with van der Waals surface area (Å²) >= 11 is 0. The average Bonchev–Trinajstić information content (AvgIpc) is 3.18. The highest BCUT2D eigenvalue weighted by atomic mass is 19.3. The molecular formula is C22H25F2N3O. The molecule has 0 N–H and O–H groups in total. The van der Waals surface area contributed by atoms with E-state index in [1.807, 2.05) is 17.0 Å². The molecule has 28 heavy (non-hydrogen) atoms. The first-order valence-corrected chi connectivity index (χ1v) is 9.66. The molecule has 1 aliphatic rings. The van der Waals surface area contributed by atoms with E-state index in [0.29, 0.717) is 18.3 Å². The number of aromatic nitrogens is 2. The summed E-state index contributed by atoms with van der Waals surface area (Å²) in [5.74, 6) is -2.09. The molecular weight excluding hydrogens is 360 g/mol. The van der Waals surface area contributed by atoms with E-state index in [4.69, 9.17) is 4.74 Å². The van der Waals surface area contributed by atoms with Crippen LogP contribution in [-0.4, -0.2) is 39.6 Å². The van der Waals surface area contributed by atoms with Crippen LogP contribution in [0.5, 0.6) is 5.75 Å². The van der Waals surface area contributed by atoms with Gasteiger partial charge in [-0.1, -0.05) is 18.2 Å². The Labute approximate surface area is 163 Å². The van der Waals surface area contributed by atoms with Crippen molar-refractivity contribution in [3.8, 4) is 5.75 Å². The molecule has 0 saturated carbocycles. The number of hydrogen-bond acceptors (Lipinski definition) is 3. The van der Waals surface area contributed by atoms with E-state index in [0.717, 1.165) is 16.5 Å². The van der Waals surface area contributed by atoms with E-state index in [-0.39, 0.29) is 25.6 Å². The molecule has 1 fully saturated rings. The summed E-state index contributed by atoms with van der Waals surface area (Å²) in [7, 11) is 0. The Bertz CT molecular complexity index is 939. The molecule has 0 unspecified atom stereocenters. The lowest BCUT2D eigenvalue weighted by atomic mass is 10.1. The van der Waals surface area contributed by atoms with Crippen molar-refractivity contribution in [1.82, 2.24) is 14.5 Å². The molecule has 3 aromatic rings. The second-order valence-electron chi connectivity index (χ2n) is 7.79. The maximum absolute atomic E-state index is 14.2. The van der Waals surface area contributed by atoms with Gasteiger partial charge in [0.1, 0.15) is 12.4 Å². The molecule has 0 bridgehead atoms. The molecule has 2 aromatic heterocycles. The van der Waals surface area contributed by atoms with Gasteiger partial charge in [-0.3, -0.25) is 9.88 Å². The third-order valence-corrected chi connectivity index (χ3v) is 5.31. The van der Waals surface area contributed by atoms with Crippen molar-refractivity contribution in [2.75, 3.05) is 13.2 Å². The van der Waals surface area contributed by atoms with Gasteiger partial charge in [-0.05, 0) is 37.6 Å². The van der Waals surface area contributed by atoms with Crippen molar-refractivity contribution in [2.24, 2.45) is 0 Å². The summed E-state index contributed by atoms with van der Waals surface area (Å²) in [6, 6.07) is 11.7. The molecule has 0 radical (unpaired) electrons. The second kappa shape index (κ2) is 7.51. The zero-order chi connectivity index (χ0) is 19.7. The Morgan fingerprint density at radius 1 is 1.21 bits per heavy atom. The number of ether oxygens (including phenoxy) is 1. The minimum Gasteiger partial charge on any atom is -0.490 e. The molecule has 0 spiro atoms. The van der Waals surface area contributed by atoms with Crippen molar-refractivity contribution < 1.29 is 13.5 Å². The molecule has 1 saturated heterocycles. The van der Waals surface area contributed by atoms with Crippen molar-refractivity contribution in [3.05, 3.63) is 60.6 Å². The Morgan fingerprint density at radius 3 is 2.79 bits per heavy atom. The number of alkyl halides is 2. The molecule has 0 amide bonds. The van der Waals surface area contributed by atoms with Crippen LogP contribution in [0, 0.1) is 0 Å². The smallest absolute Gasteiger partial charge is 0.262 e. The van der Waals surface area contributed by atoms with Crippen LogP contribution in [0.2, 0.25) is 0 Å². The molecule has 6 heteroatoms. The lowest BCUT2D eigenvalue weighted by molar-refractivity contribution is 0.0112. The highest BCUT2D eigenvalue weighted by molar-refractivity contribution is 5.84. The third kappa shape index (κ3) is 3.87. The number of fused-ring (bicyclic) bond motifs is 1. The summed E-state index contributed by atoms with van der Waals surface area (Å²) in [4.78, 5) is 5.86. The maximum atomic E-state index is 14.2. The summed E-state index contributed by atoms with van der Waals surface area (Å²) in [5.41, 5.74) is 2.22. The topological polar surface area (TPSA) is 30.3 Å². The fourth-order valence-corrected chi connectivity index (χ4v) is 3.99. The van der Waals surface area contributed by atoms with Crippen LogP contribution in [0.4, 0.5) is 8.78 Å². The van der Waals surface area contributed by atoms with Crippen molar-refractivity contribution in [2.45, 2.75) is 44.8 Å². The predicted molar refractivity (Wildman–Crippen MR) is 106 cm³/mol. The van der Waals surface area contributed by atoms with Crippen LogP contribution in [0.25, 0.3) is 10.9 Å². The molecule has 0 aliphatic carbocycles. The van der Waals surface area contributed by atoms with Crippen LogP contribution in [0.15, 0.2) is 55.0 Å². The standard InChI is InChI=1S/C22H25F2N3O/c1-16(2)27-13-17(20-7-3-4-8-21(20)27)12-26-15-22(23,24)10-18(26)14-28-19-6-5-9-25-11-19/h3-9,11,13,16,18H,10,12,14-15H2,1-2H3/t18-/m0/s1. The third-order valence-electron chi connectivity index (χ3n) is 5.31. The van der Waals surface area contributed by atoms with Gasteiger partial charge in [0.05, 0.1) is 18.8 Å². The Kier molecular flexibility index (Phi) is 5.06. The van der Waals surface area contributed by atoms with Crippen LogP contribution >= 0.6 is 0 Å². The number of hydrogen-bond donors (Lipinski definition) is 0. The minimum absolute atomic E-state index is 0.184. The van der Waals surface area contributed by atoms with Gasteiger partial charge in [0, 0.05) is 42.3 Å². The van der Waals surface area contributed by atoms with E-state index in [9.17, 15) is 8.78 Å². The SMILES string of the molecule is CC(C)n1cc(CN2CC(F)(F)C[C@H]2COc2cccnc2)c2ccccc21.